The van der Waals surface area contributed by atoms with Crippen molar-refractivity contribution in [3.8, 4) is 18.4 Å². The molecule has 1 aliphatic heterocycles. The first-order valence-corrected chi connectivity index (χ1v) is 6.72. The van der Waals surface area contributed by atoms with E-state index in [1.165, 1.54) is 0 Å². The van der Waals surface area contributed by atoms with Crippen molar-refractivity contribution < 1.29 is 9.47 Å². The molecule has 1 N–H and O–H groups in total. The van der Waals surface area contributed by atoms with Crippen LogP contribution in [0.3, 0.4) is 0 Å². The maximum absolute atomic E-state index is 5.33. The molecule has 1 aromatic heterocycles. The Morgan fingerprint density at radius 2 is 2.15 bits per heavy atom. The van der Waals surface area contributed by atoms with Crippen LogP contribution in [0.2, 0.25) is 0 Å². The topological polar surface area (TPSA) is 72.4 Å². The molecule has 1 aliphatic rings. The van der Waals surface area contributed by atoms with Crippen LogP contribution in [0.1, 0.15) is 13.3 Å². The Hall–Kier alpha value is -2.07. The summed E-state index contributed by atoms with van der Waals surface area (Å²) in [6.45, 7) is 5.86. The zero-order valence-corrected chi connectivity index (χ0v) is 11.6. The van der Waals surface area contributed by atoms with E-state index < -0.39 is 0 Å². The molecule has 0 aliphatic carbocycles. The molecule has 0 unspecified atom stereocenters. The Morgan fingerprint density at radius 1 is 1.35 bits per heavy atom. The molecule has 20 heavy (non-hydrogen) atoms. The van der Waals surface area contributed by atoms with Gasteiger partial charge < -0.3 is 19.7 Å². The molecule has 7 heteroatoms. The number of nitrogens with zero attached hydrogens (tertiary/aromatic N) is 4. The summed E-state index contributed by atoms with van der Waals surface area (Å²) in [5, 5.41) is 3.14. The second-order valence-electron chi connectivity index (χ2n) is 4.26. The summed E-state index contributed by atoms with van der Waals surface area (Å²) in [5.74, 6) is 3.50. The molecule has 0 spiro atoms. The van der Waals surface area contributed by atoms with Crippen LogP contribution in [0.5, 0.6) is 6.01 Å². The third kappa shape index (κ3) is 3.96. The van der Waals surface area contributed by atoms with E-state index in [1.807, 2.05) is 4.90 Å². The number of rotatable bonds is 6. The third-order valence-corrected chi connectivity index (χ3v) is 2.71. The standard InChI is InChI=1S/C13H19N5O2/c1-3-5-14-11-15-12(18-6-9-19-10-7-18)17-13(16-11)20-8-4-2/h2H,3,5-10H2,1H3,(H,14,15,16,17). The third-order valence-electron chi connectivity index (χ3n) is 2.71. The van der Waals surface area contributed by atoms with E-state index in [2.05, 4.69) is 33.1 Å². The van der Waals surface area contributed by atoms with E-state index in [0.717, 1.165) is 26.1 Å². The lowest BCUT2D eigenvalue weighted by atomic mass is 10.4. The van der Waals surface area contributed by atoms with Gasteiger partial charge in [-0.2, -0.15) is 15.0 Å². The minimum absolute atomic E-state index is 0.139. The summed E-state index contributed by atoms with van der Waals surface area (Å²) in [7, 11) is 0. The minimum Gasteiger partial charge on any atom is -0.450 e. The largest absolute Gasteiger partial charge is 0.450 e. The molecule has 0 radical (unpaired) electrons. The van der Waals surface area contributed by atoms with Crippen molar-refractivity contribution in [1.29, 1.82) is 0 Å². The Kier molecular flexibility index (Phi) is 5.38. The van der Waals surface area contributed by atoms with Crippen molar-refractivity contribution in [3.05, 3.63) is 0 Å². The van der Waals surface area contributed by atoms with Gasteiger partial charge in [0.1, 0.15) is 0 Å². The van der Waals surface area contributed by atoms with Crippen molar-refractivity contribution in [2.24, 2.45) is 0 Å². The molecule has 1 fully saturated rings. The molecule has 2 rings (SSSR count). The van der Waals surface area contributed by atoms with E-state index in [0.29, 0.717) is 25.1 Å². The molecule has 0 bridgehead atoms. The van der Waals surface area contributed by atoms with Crippen LogP contribution < -0.4 is 15.0 Å². The van der Waals surface area contributed by atoms with E-state index in [1.54, 1.807) is 0 Å². The van der Waals surface area contributed by atoms with Crippen LogP contribution in [0, 0.1) is 12.3 Å². The van der Waals surface area contributed by atoms with E-state index in [9.17, 15) is 0 Å². The molecule has 0 amide bonds. The number of hydrogen-bond acceptors (Lipinski definition) is 7. The fourth-order valence-electron chi connectivity index (χ4n) is 1.74. The maximum Gasteiger partial charge on any atom is 0.324 e. The first-order valence-electron chi connectivity index (χ1n) is 6.72. The number of hydrogen-bond donors (Lipinski definition) is 1. The molecular formula is C13H19N5O2. The van der Waals surface area contributed by atoms with Crippen LogP contribution in [0.15, 0.2) is 0 Å². The van der Waals surface area contributed by atoms with Gasteiger partial charge in [-0.15, -0.1) is 6.42 Å². The van der Waals surface area contributed by atoms with Gasteiger partial charge in [-0.3, -0.25) is 0 Å². The Balaban J connectivity index is 2.17. The predicted molar refractivity (Wildman–Crippen MR) is 76.0 cm³/mol. The highest BCUT2D eigenvalue weighted by molar-refractivity contribution is 5.38. The molecule has 1 aromatic rings. The van der Waals surface area contributed by atoms with Crippen LogP contribution in [-0.4, -0.2) is 54.4 Å². The average Bonchev–Trinajstić information content (AvgIpc) is 2.51. The van der Waals surface area contributed by atoms with E-state index in [4.69, 9.17) is 15.9 Å². The number of anilines is 2. The van der Waals surface area contributed by atoms with Crippen molar-refractivity contribution in [2.75, 3.05) is 49.7 Å². The van der Waals surface area contributed by atoms with E-state index >= 15 is 0 Å². The first kappa shape index (κ1) is 14.3. The van der Waals surface area contributed by atoms with Gasteiger partial charge in [0, 0.05) is 19.6 Å². The fourth-order valence-corrected chi connectivity index (χ4v) is 1.74. The zero-order valence-electron chi connectivity index (χ0n) is 11.6. The Bertz CT molecular complexity index is 468. The monoisotopic (exact) mass is 277 g/mol. The lowest BCUT2D eigenvalue weighted by molar-refractivity contribution is 0.122. The second kappa shape index (κ2) is 7.50. The molecule has 0 aromatic carbocycles. The second-order valence-corrected chi connectivity index (χ2v) is 4.26. The van der Waals surface area contributed by atoms with Gasteiger partial charge in [0.15, 0.2) is 6.61 Å². The van der Waals surface area contributed by atoms with Crippen LogP contribution in [-0.2, 0) is 4.74 Å². The number of nitrogens with one attached hydrogen (secondary N) is 1. The summed E-state index contributed by atoms with van der Waals surface area (Å²) in [6.07, 6.45) is 6.17. The highest BCUT2D eigenvalue weighted by Gasteiger charge is 2.16. The number of aromatic nitrogens is 3. The van der Waals surface area contributed by atoms with Crippen LogP contribution in [0.4, 0.5) is 11.9 Å². The first-order chi connectivity index (χ1) is 9.83. The van der Waals surface area contributed by atoms with Crippen molar-refractivity contribution in [2.45, 2.75) is 13.3 Å². The van der Waals surface area contributed by atoms with Gasteiger partial charge in [0.2, 0.25) is 11.9 Å². The van der Waals surface area contributed by atoms with Crippen molar-refractivity contribution in [1.82, 2.24) is 15.0 Å². The number of ether oxygens (including phenoxy) is 2. The van der Waals surface area contributed by atoms with Gasteiger partial charge in [0.05, 0.1) is 13.2 Å². The van der Waals surface area contributed by atoms with E-state index in [-0.39, 0.29) is 12.6 Å². The zero-order chi connectivity index (χ0) is 14.2. The van der Waals surface area contributed by atoms with Gasteiger partial charge in [0.25, 0.3) is 0 Å². The van der Waals surface area contributed by atoms with Crippen LogP contribution >= 0.6 is 0 Å². The van der Waals surface area contributed by atoms with Crippen molar-refractivity contribution >= 4 is 11.9 Å². The maximum atomic E-state index is 5.33. The quantitative estimate of drug-likeness (QED) is 0.761. The molecule has 108 valence electrons. The van der Waals surface area contributed by atoms with Crippen molar-refractivity contribution in [3.63, 3.8) is 0 Å². The summed E-state index contributed by atoms with van der Waals surface area (Å²) in [4.78, 5) is 14.9. The SMILES string of the molecule is C#CCOc1nc(NCCC)nc(N2CCOCC2)n1. The summed E-state index contributed by atoms with van der Waals surface area (Å²) in [5.41, 5.74) is 0. The highest BCUT2D eigenvalue weighted by Crippen LogP contribution is 2.16. The minimum atomic E-state index is 0.139. The molecule has 0 atom stereocenters. The molecule has 2 heterocycles. The summed E-state index contributed by atoms with van der Waals surface area (Å²) in [6, 6.07) is 0.248. The van der Waals surface area contributed by atoms with Gasteiger partial charge >= 0.3 is 6.01 Å². The molecular weight excluding hydrogens is 258 g/mol. The lowest BCUT2D eigenvalue weighted by Crippen LogP contribution is -2.37. The number of terminal acetylenes is 1. The van der Waals surface area contributed by atoms with Gasteiger partial charge in [-0.25, -0.2) is 0 Å². The fraction of sp³-hybridized carbons (Fsp3) is 0.615. The summed E-state index contributed by atoms with van der Waals surface area (Å²) >= 11 is 0. The Morgan fingerprint density at radius 3 is 2.85 bits per heavy atom. The van der Waals surface area contributed by atoms with Crippen LogP contribution in [0.25, 0.3) is 0 Å². The predicted octanol–water partition coefficient (Wildman–Crippen LogP) is 0.542. The number of morpholine rings is 1. The smallest absolute Gasteiger partial charge is 0.324 e. The normalized spacial score (nSPS) is 14.7. The molecule has 7 nitrogen and oxygen atoms in total. The highest BCUT2D eigenvalue weighted by atomic mass is 16.5. The average molecular weight is 277 g/mol. The molecule has 1 saturated heterocycles. The molecule has 0 saturated carbocycles. The Labute approximate surface area is 118 Å². The summed E-state index contributed by atoms with van der Waals surface area (Å²) < 4.78 is 10.6. The lowest BCUT2D eigenvalue weighted by Gasteiger charge is -2.26. The van der Waals surface area contributed by atoms with Gasteiger partial charge in [-0.05, 0) is 6.42 Å². The van der Waals surface area contributed by atoms with Gasteiger partial charge in [-0.1, -0.05) is 12.8 Å².